The minimum atomic E-state index is 0.0146. The van der Waals surface area contributed by atoms with Gasteiger partial charge in [0.1, 0.15) is 11.1 Å². The molecule has 0 saturated heterocycles. The fourth-order valence-corrected chi connectivity index (χ4v) is 2.31. The Morgan fingerprint density at radius 3 is 3.05 bits per heavy atom. The van der Waals surface area contributed by atoms with Gasteiger partial charge in [0.2, 0.25) is 5.91 Å². The van der Waals surface area contributed by atoms with Gasteiger partial charge in [-0.3, -0.25) is 9.48 Å². The maximum Gasteiger partial charge on any atom is 0.241 e. The van der Waals surface area contributed by atoms with Crippen molar-refractivity contribution >= 4 is 27.5 Å². The first kappa shape index (κ1) is 14.1. The number of aromatic nitrogens is 3. The molecule has 3 rings (SSSR count). The lowest BCUT2D eigenvalue weighted by molar-refractivity contribution is -0.122. The number of hydrogen-bond acceptors (Lipinski definition) is 4. The Hall–Kier alpha value is -1.89. The second kappa shape index (κ2) is 6.26. The van der Waals surface area contributed by atoms with E-state index in [0.29, 0.717) is 12.6 Å². The van der Waals surface area contributed by atoms with E-state index in [2.05, 4.69) is 36.6 Å². The molecule has 21 heavy (non-hydrogen) atoms. The van der Waals surface area contributed by atoms with Crippen LogP contribution >= 0.6 is 15.9 Å². The molecule has 2 aromatic rings. The Kier molecular flexibility index (Phi) is 4.19. The maximum absolute atomic E-state index is 11.7. The van der Waals surface area contributed by atoms with E-state index in [9.17, 15) is 4.79 Å². The molecule has 2 N–H and O–H groups in total. The monoisotopic (exact) mass is 349 g/mol. The molecule has 1 saturated carbocycles. The summed E-state index contributed by atoms with van der Waals surface area (Å²) < 4.78 is 2.45. The van der Waals surface area contributed by atoms with Gasteiger partial charge in [-0.2, -0.15) is 5.10 Å². The van der Waals surface area contributed by atoms with Crippen LogP contribution in [0.2, 0.25) is 0 Å². The number of rotatable bonds is 6. The van der Waals surface area contributed by atoms with Crippen molar-refractivity contribution < 1.29 is 4.79 Å². The van der Waals surface area contributed by atoms with Crippen molar-refractivity contribution in [3.63, 3.8) is 0 Å². The Balaban J connectivity index is 1.51. The first-order chi connectivity index (χ1) is 10.2. The highest BCUT2D eigenvalue weighted by molar-refractivity contribution is 9.10. The molecule has 1 aliphatic carbocycles. The van der Waals surface area contributed by atoms with Gasteiger partial charge >= 0.3 is 0 Å². The van der Waals surface area contributed by atoms with Crippen LogP contribution in [0, 0.1) is 0 Å². The van der Waals surface area contributed by atoms with Crippen LogP contribution in [0.1, 0.15) is 18.5 Å². The van der Waals surface area contributed by atoms with Crippen LogP contribution in [-0.4, -0.2) is 26.7 Å². The van der Waals surface area contributed by atoms with Crippen molar-refractivity contribution in [2.45, 2.75) is 32.0 Å². The van der Waals surface area contributed by atoms with E-state index in [1.54, 1.807) is 10.9 Å². The molecule has 0 aromatic carbocycles. The zero-order valence-electron chi connectivity index (χ0n) is 11.4. The number of carbonyl (C=O) groups excluding carboxylic acids is 1. The molecule has 2 heterocycles. The van der Waals surface area contributed by atoms with Gasteiger partial charge < -0.3 is 10.6 Å². The zero-order valence-corrected chi connectivity index (χ0v) is 13.0. The minimum absolute atomic E-state index is 0.0146. The van der Waals surface area contributed by atoms with Crippen molar-refractivity contribution in [3.05, 3.63) is 40.9 Å². The third-order valence-corrected chi connectivity index (χ3v) is 3.57. The van der Waals surface area contributed by atoms with E-state index in [4.69, 9.17) is 0 Å². The Morgan fingerprint density at radius 1 is 1.43 bits per heavy atom. The molecule has 0 unspecified atom stereocenters. The molecule has 0 bridgehead atoms. The van der Waals surface area contributed by atoms with Gasteiger partial charge in [0, 0.05) is 12.2 Å². The smallest absolute Gasteiger partial charge is 0.241 e. The summed E-state index contributed by atoms with van der Waals surface area (Å²) in [5, 5.41) is 10.4. The third kappa shape index (κ3) is 4.29. The number of anilines is 1. The number of nitrogens with zero attached hydrogens (tertiary/aromatic N) is 3. The number of pyridine rings is 1. The average molecular weight is 350 g/mol. The summed E-state index contributed by atoms with van der Waals surface area (Å²) in [4.78, 5) is 16.0. The van der Waals surface area contributed by atoms with E-state index in [-0.39, 0.29) is 12.5 Å². The summed E-state index contributed by atoms with van der Waals surface area (Å²) in [6.07, 6.45) is 5.72. The van der Waals surface area contributed by atoms with E-state index < -0.39 is 0 Å². The molecule has 6 nitrogen and oxygen atoms in total. The Labute approximate surface area is 131 Å². The molecule has 1 fully saturated rings. The normalized spacial score (nSPS) is 14.0. The van der Waals surface area contributed by atoms with Crippen LogP contribution in [0.4, 0.5) is 5.69 Å². The van der Waals surface area contributed by atoms with Crippen LogP contribution in [0.3, 0.4) is 0 Å². The molecule has 110 valence electrons. The highest BCUT2D eigenvalue weighted by Crippen LogP contribution is 2.18. The SMILES string of the molecule is O=C(Cn1cc(NCc2cccc(Br)n2)cn1)NC1CC1. The molecule has 2 aromatic heterocycles. The van der Waals surface area contributed by atoms with Gasteiger partial charge in [-0.15, -0.1) is 0 Å². The number of nitrogens with one attached hydrogen (secondary N) is 2. The van der Waals surface area contributed by atoms with E-state index in [1.807, 2.05) is 24.4 Å². The van der Waals surface area contributed by atoms with Crippen LogP contribution in [0.25, 0.3) is 0 Å². The van der Waals surface area contributed by atoms with Crippen LogP contribution in [-0.2, 0) is 17.9 Å². The van der Waals surface area contributed by atoms with Gasteiger partial charge in [-0.05, 0) is 40.9 Å². The molecule has 0 radical (unpaired) electrons. The molecule has 1 aliphatic rings. The van der Waals surface area contributed by atoms with Gasteiger partial charge in [-0.25, -0.2) is 4.98 Å². The number of amides is 1. The predicted octanol–water partition coefficient (Wildman–Crippen LogP) is 1.93. The minimum Gasteiger partial charge on any atom is -0.377 e. The lowest BCUT2D eigenvalue weighted by atomic mass is 10.3. The second-order valence-electron chi connectivity index (χ2n) is 5.07. The molecular weight excluding hydrogens is 334 g/mol. The van der Waals surface area contributed by atoms with E-state index in [1.165, 1.54) is 0 Å². The Bertz CT molecular complexity index is 638. The second-order valence-corrected chi connectivity index (χ2v) is 5.89. The topological polar surface area (TPSA) is 71.8 Å². The maximum atomic E-state index is 11.7. The molecule has 0 atom stereocenters. The van der Waals surface area contributed by atoms with Crippen molar-refractivity contribution in [1.82, 2.24) is 20.1 Å². The summed E-state index contributed by atoms with van der Waals surface area (Å²) in [5.41, 5.74) is 1.81. The first-order valence-electron chi connectivity index (χ1n) is 6.86. The molecule has 0 aliphatic heterocycles. The summed E-state index contributed by atoms with van der Waals surface area (Å²) in [6.45, 7) is 0.868. The number of hydrogen-bond donors (Lipinski definition) is 2. The van der Waals surface area contributed by atoms with Crippen LogP contribution < -0.4 is 10.6 Å². The summed E-state index contributed by atoms with van der Waals surface area (Å²) >= 11 is 3.34. The van der Waals surface area contributed by atoms with Crippen molar-refractivity contribution in [1.29, 1.82) is 0 Å². The number of halogens is 1. The predicted molar refractivity (Wildman–Crippen MR) is 82.7 cm³/mol. The third-order valence-electron chi connectivity index (χ3n) is 3.13. The van der Waals surface area contributed by atoms with Crippen molar-refractivity contribution in [2.24, 2.45) is 0 Å². The quantitative estimate of drug-likeness (QED) is 0.781. The average Bonchev–Trinajstić information content (AvgIpc) is 3.14. The highest BCUT2D eigenvalue weighted by Gasteiger charge is 2.23. The fraction of sp³-hybridized carbons (Fsp3) is 0.357. The van der Waals surface area contributed by atoms with Gasteiger partial charge in [0.05, 0.1) is 24.1 Å². The summed E-state index contributed by atoms with van der Waals surface area (Å²) in [6, 6.07) is 6.17. The lowest BCUT2D eigenvalue weighted by Gasteiger charge is -2.04. The van der Waals surface area contributed by atoms with Gasteiger partial charge in [-0.1, -0.05) is 6.07 Å². The Morgan fingerprint density at radius 2 is 2.29 bits per heavy atom. The van der Waals surface area contributed by atoms with E-state index >= 15 is 0 Å². The highest BCUT2D eigenvalue weighted by atomic mass is 79.9. The summed E-state index contributed by atoms with van der Waals surface area (Å²) in [7, 11) is 0. The van der Waals surface area contributed by atoms with Crippen molar-refractivity contribution in [3.8, 4) is 0 Å². The standard InChI is InChI=1S/C14H16BrN5O/c15-13-3-1-2-11(18-13)6-16-12-7-17-20(8-12)9-14(21)19-10-4-5-10/h1-3,7-8,10,16H,4-6,9H2,(H,19,21). The fourth-order valence-electron chi connectivity index (χ4n) is 1.93. The van der Waals surface area contributed by atoms with E-state index in [0.717, 1.165) is 28.8 Å². The molecular formula is C14H16BrN5O. The van der Waals surface area contributed by atoms with Gasteiger partial charge in [0.25, 0.3) is 0 Å². The van der Waals surface area contributed by atoms with Crippen LogP contribution in [0.15, 0.2) is 35.2 Å². The van der Waals surface area contributed by atoms with Crippen LogP contribution in [0.5, 0.6) is 0 Å². The molecule has 0 spiro atoms. The molecule has 7 heteroatoms. The van der Waals surface area contributed by atoms with Gasteiger partial charge in [0.15, 0.2) is 0 Å². The summed E-state index contributed by atoms with van der Waals surface area (Å²) in [5.74, 6) is 0.0146. The zero-order chi connectivity index (χ0) is 14.7. The van der Waals surface area contributed by atoms with Crippen molar-refractivity contribution in [2.75, 3.05) is 5.32 Å². The largest absolute Gasteiger partial charge is 0.377 e. The number of carbonyl (C=O) groups is 1. The first-order valence-corrected chi connectivity index (χ1v) is 7.65. The molecule has 1 amide bonds. The lowest BCUT2D eigenvalue weighted by Crippen LogP contribution is -2.29.